The zero-order chi connectivity index (χ0) is 8.27. The minimum atomic E-state index is 0.634. The van der Waals surface area contributed by atoms with Crippen LogP contribution in [0.5, 0.6) is 0 Å². The normalized spacial score (nSPS) is 10.1. The molecule has 0 aliphatic carbocycles. The summed E-state index contributed by atoms with van der Waals surface area (Å²) in [6.45, 7) is 2.75. The number of thioether (sulfide) groups is 1. The van der Waals surface area contributed by atoms with E-state index in [1.54, 1.807) is 11.8 Å². The minimum absolute atomic E-state index is 0.634. The first-order chi connectivity index (χ1) is 5.27. The van der Waals surface area contributed by atoms with Crippen molar-refractivity contribution >= 4 is 11.8 Å². The highest BCUT2D eigenvalue weighted by Crippen LogP contribution is 2.20. The number of hydrogen-bond acceptors (Lipinski definition) is 2. The van der Waals surface area contributed by atoms with E-state index in [0.717, 1.165) is 0 Å². The molecular formula is C9H13NS. The first-order valence-corrected chi connectivity index (χ1v) is 4.84. The third kappa shape index (κ3) is 1.98. The van der Waals surface area contributed by atoms with Crippen molar-refractivity contribution in [3.63, 3.8) is 0 Å². The molecule has 0 bridgehead atoms. The molecule has 0 saturated carbocycles. The van der Waals surface area contributed by atoms with Gasteiger partial charge in [-0.1, -0.05) is 12.1 Å². The Hall–Kier alpha value is -0.470. The standard InChI is InChI=1S/C9H13NS/c1-7-5-8(6-10)3-4-9(7)11-2/h3-5H,6,10H2,1-2H3. The lowest BCUT2D eigenvalue weighted by Crippen LogP contribution is -1.96. The van der Waals surface area contributed by atoms with Gasteiger partial charge in [-0.3, -0.25) is 0 Å². The molecule has 2 N–H and O–H groups in total. The van der Waals surface area contributed by atoms with Crippen LogP contribution < -0.4 is 5.73 Å². The predicted octanol–water partition coefficient (Wildman–Crippen LogP) is 2.18. The minimum Gasteiger partial charge on any atom is -0.326 e. The van der Waals surface area contributed by atoms with Gasteiger partial charge in [0.05, 0.1) is 0 Å². The molecule has 60 valence electrons. The lowest BCUT2D eigenvalue weighted by atomic mass is 10.1. The highest BCUT2D eigenvalue weighted by Gasteiger charge is 1.96. The molecule has 0 unspecified atom stereocenters. The maximum absolute atomic E-state index is 5.50. The maximum Gasteiger partial charge on any atom is 0.0178 e. The van der Waals surface area contributed by atoms with Crippen molar-refractivity contribution in [3.05, 3.63) is 29.3 Å². The Morgan fingerprint density at radius 2 is 2.18 bits per heavy atom. The predicted molar refractivity (Wildman–Crippen MR) is 50.9 cm³/mol. The van der Waals surface area contributed by atoms with Crippen LogP contribution in [0.4, 0.5) is 0 Å². The van der Waals surface area contributed by atoms with Gasteiger partial charge in [0.25, 0.3) is 0 Å². The molecule has 2 heteroatoms. The summed E-state index contributed by atoms with van der Waals surface area (Å²) in [5, 5.41) is 0. The third-order valence-corrected chi connectivity index (χ3v) is 2.59. The topological polar surface area (TPSA) is 26.0 Å². The monoisotopic (exact) mass is 167 g/mol. The Morgan fingerprint density at radius 3 is 2.64 bits per heavy atom. The molecule has 0 aliphatic heterocycles. The van der Waals surface area contributed by atoms with Crippen LogP contribution in [0, 0.1) is 6.92 Å². The van der Waals surface area contributed by atoms with Crippen molar-refractivity contribution < 1.29 is 0 Å². The van der Waals surface area contributed by atoms with Crippen LogP contribution in [-0.2, 0) is 6.54 Å². The van der Waals surface area contributed by atoms with Crippen LogP contribution in [0.2, 0.25) is 0 Å². The molecule has 11 heavy (non-hydrogen) atoms. The zero-order valence-electron chi connectivity index (χ0n) is 6.92. The van der Waals surface area contributed by atoms with Gasteiger partial charge in [0.15, 0.2) is 0 Å². The van der Waals surface area contributed by atoms with Crippen LogP contribution in [0.3, 0.4) is 0 Å². The second-order valence-corrected chi connectivity index (χ2v) is 3.36. The van der Waals surface area contributed by atoms with E-state index in [1.165, 1.54) is 16.0 Å². The second-order valence-electron chi connectivity index (χ2n) is 2.51. The molecule has 1 aromatic carbocycles. The van der Waals surface area contributed by atoms with Crippen molar-refractivity contribution in [2.75, 3.05) is 6.26 Å². The molecule has 0 amide bonds. The largest absolute Gasteiger partial charge is 0.326 e. The second kappa shape index (κ2) is 3.79. The molecule has 0 heterocycles. The van der Waals surface area contributed by atoms with Gasteiger partial charge in [0.1, 0.15) is 0 Å². The van der Waals surface area contributed by atoms with Gasteiger partial charge in [-0.05, 0) is 30.4 Å². The molecular weight excluding hydrogens is 154 g/mol. The van der Waals surface area contributed by atoms with Gasteiger partial charge in [0, 0.05) is 11.4 Å². The molecule has 0 fully saturated rings. The van der Waals surface area contributed by atoms with E-state index in [0.29, 0.717) is 6.54 Å². The average Bonchev–Trinajstić information content (AvgIpc) is 2.04. The van der Waals surface area contributed by atoms with Gasteiger partial charge < -0.3 is 5.73 Å². The molecule has 0 saturated heterocycles. The number of aryl methyl sites for hydroxylation is 1. The van der Waals surface area contributed by atoms with E-state index in [1.807, 2.05) is 0 Å². The van der Waals surface area contributed by atoms with Gasteiger partial charge >= 0.3 is 0 Å². The van der Waals surface area contributed by atoms with E-state index in [9.17, 15) is 0 Å². The number of hydrogen-bond donors (Lipinski definition) is 1. The molecule has 0 spiro atoms. The van der Waals surface area contributed by atoms with Crippen molar-refractivity contribution in [3.8, 4) is 0 Å². The summed E-state index contributed by atoms with van der Waals surface area (Å²) in [6, 6.07) is 6.35. The summed E-state index contributed by atoms with van der Waals surface area (Å²) in [5.41, 5.74) is 8.03. The highest BCUT2D eigenvalue weighted by molar-refractivity contribution is 7.98. The van der Waals surface area contributed by atoms with Gasteiger partial charge in [-0.15, -0.1) is 11.8 Å². The first-order valence-electron chi connectivity index (χ1n) is 3.61. The third-order valence-electron chi connectivity index (χ3n) is 1.69. The van der Waals surface area contributed by atoms with E-state index in [2.05, 4.69) is 31.4 Å². The molecule has 0 atom stereocenters. The summed E-state index contributed by atoms with van der Waals surface area (Å²) < 4.78 is 0. The van der Waals surface area contributed by atoms with Crippen LogP contribution in [0.1, 0.15) is 11.1 Å². The maximum atomic E-state index is 5.50. The smallest absolute Gasteiger partial charge is 0.0178 e. The average molecular weight is 167 g/mol. The fourth-order valence-electron chi connectivity index (χ4n) is 1.07. The lowest BCUT2D eigenvalue weighted by molar-refractivity contribution is 1.06. The van der Waals surface area contributed by atoms with Crippen molar-refractivity contribution in [2.45, 2.75) is 18.4 Å². The number of rotatable bonds is 2. The van der Waals surface area contributed by atoms with Crippen molar-refractivity contribution in [1.82, 2.24) is 0 Å². The fourth-order valence-corrected chi connectivity index (χ4v) is 1.65. The molecule has 0 aliphatic rings. The Morgan fingerprint density at radius 1 is 1.45 bits per heavy atom. The molecule has 1 aromatic rings. The summed E-state index contributed by atoms with van der Waals surface area (Å²) in [4.78, 5) is 1.34. The summed E-state index contributed by atoms with van der Waals surface area (Å²) in [7, 11) is 0. The van der Waals surface area contributed by atoms with Gasteiger partial charge in [-0.25, -0.2) is 0 Å². The van der Waals surface area contributed by atoms with Crippen LogP contribution >= 0.6 is 11.8 Å². The number of benzene rings is 1. The van der Waals surface area contributed by atoms with E-state index >= 15 is 0 Å². The van der Waals surface area contributed by atoms with Crippen LogP contribution in [0.15, 0.2) is 23.1 Å². The summed E-state index contributed by atoms with van der Waals surface area (Å²) in [5.74, 6) is 0. The molecule has 0 aromatic heterocycles. The molecule has 1 nitrogen and oxygen atoms in total. The Kier molecular flexibility index (Phi) is 2.97. The molecule has 1 rings (SSSR count). The Bertz CT molecular complexity index is 245. The fraction of sp³-hybridized carbons (Fsp3) is 0.333. The Labute approximate surface area is 72.0 Å². The zero-order valence-corrected chi connectivity index (χ0v) is 7.74. The highest BCUT2D eigenvalue weighted by atomic mass is 32.2. The SMILES string of the molecule is CSc1ccc(CN)cc1C. The molecule has 0 radical (unpaired) electrons. The van der Waals surface area contributed by atoms with Crippen LogP contribution in [0.25, 0.3) is 0 Å². The van der Waals surface area contributed by atoms with E-state index in [4.69, 9.17) is 5.73 Å². The first kappa shape index (κ1) is 8.62. The summed E-state index contributed by atoms with van der Waals surface area (Å²) >= 11 is 1.77. The lowest BCUT2D eigenvalue weighted by Gasteiger charge is -2.03. The Balaban J connectivity index is 2.99. The number of nitrogens with two attached hydrogens (primary N) is 1. The van der Waals surface area contributed by atoms with Gasteiger partial charge in [0.2, 0.25) is 0 Å². The van der Waals surface area contributed by atoms with Crippen LogP contribution in [-0.4, -0.2) is 6.26 Å². The van der Waals surface area contributed by atoms with E-state index < -0.39 is 0 Å². The summed E-state index contributed by atoms with van der Waals surface area (Å²) in [6.07, 6.45) is 2.09. The van der Waals surface area contributed by atoms with E-state index in [-0.39, 0.29) is 0 Å². The van der Waals surface area contributed by atoms with Crippen molar-refractivity contribution in [2.24, 2.45) is 5.73 Å². The van der Waals surface area contributed by atoms with Gasteiger partial charge in [-0.2, -0.15) is 0 Å². The quantitative estimate of drug-likeness (QED) is 0.683. The van der Waals surface area contributed by atoms with Crippen molar-refractivity contribution in [1.29, 1.82) is 0 Å².